The monoisotopic (exact) mass is 339 g/mol. The molecule has 1 unspecified atom stereocenters. The van der Waals surface area contributed by atoms with Crippen LogP contribution in [0.4, 0.5) is 0 Å². The topological polar surface area (TPSA) is 49.8 Å². The zero-order chi connectivity index (χ0) is 18.1. The van der Waals surface area contributed by atoms with E-state index < -0.39 is 17.2 Å². The van der Waals surface area contributed by atoms with Crippen LogP contribution in [0.15, 0.2) is 54.6 Å². The third-order valence-electron chi connectivity index (χ3n) is 4.93. The maximum Gasteiger partial charge on any atom is 0.317 e. The largest absolute Gasteiger partial charge is 0.480 e. The number of rotatable bonds is 6. The fourth-order valence-electron chi connectivity index (χ4n) is 3.82. The maximum absolute atomic E-state index is 11.0. The Morgan fingerprint density at radius 3 is 2.28 bits per heavy atom. The van der Waals surface area contributed by atoms with Crippen LogP contribution in [-0.2, 0) is 20.7 Å². The lowest BCUT2D eigenvalue weighted by atomic mass is 9.81. The molecule has 4 nitrogen and oxygen atoms in total. The Morgan fingerprint density at radius 1 is 1.04 bits per heavy atom. The Balaban J connectivity index is 2.02. The number of carboxylic acids is 1. The molecule has 1 heterocycles. The van der Waals surface area contributed by atoms with Gasteiger partial charge in [-0.3, -0.25) is 9.69 Å². The van der Waals surface area contributed by atoms with Gasteiger partial charge in [0.25, 0.3) is 0 Å². The highest BCUT2D eigenvalue weighted by Gasteiger charge is 2.49. The molecule has 0 aromatic heterocycles. The average molecular weight is 339 g/mol. The Kier molecular flexibility index (Phi) is 4.67. The molecule has 0 saturated carbocycles. The second-order valence-electron chi connectivity index (χ2n) is 7.23. The van der Waals surface area contributed by atoms with Gasteiger partial charge in [-0.1, -0.05) is 54.6 Å². The van der Waals surface area contributed by atoms with E-state index in [2.05, 4.69) is 38.1 Å². The average Bonchev–Trinajstić information content (AvgIpc) is 2.82. The van der Waals surface area contributed by atoms with Gasteiger partial charge in [0.15, 0.2) is 0 Å². The van der Waals surface area contributed by atoms with Crippen molar-refractivity contribution in [2.75, 3.05) is 20.1 Å². The number of hydrogen-bond donors (Lipinski definition) is 1. The molecule has 1 N–H and O–H groups in total. The summed E-state index contributed by atoms with van der Waals surface area (Å²) < 4.78 is 6.67. The van der Waals surface area contributed by atoms with Gasteiger partial charge in [0.1, 0.15) is 5.60 Å². The predicted molar refractivity (Wildman–Crippen MR) is 97.5 cm³/mol. The van der Waals surface area contributed by atoms with E-state index in [9.17, 15) is 4.79 Å². The molecule has 0 aliphatic carbocycles. The SMILES string of the molecule is CN(CCC1(c2ccccc2)OC(C)(C)c2ccccc21)CC(=O)O. The second-order valence-corrected chi connectivity index (χ2v) is 7.23. The molecule has 0 fully saturated rings. The first-order valence-corrected chi connectivity index (χ1v) is 8.61. The molecule has 4 heteroatoms. The predicted octanol–water partition coefficient (Wildman–Crippen LogP) is 3.60. The highest BCUT2D eigenvalue weighted by Crippen LogP contribution is 2.52. The molecule has 1 aliphatic rings. The van der Waals surface area contributed by atoms with Gasteiger partial charge in [-0.15, -0.1) is 0 Å². The van der Waals surface area contributed by atoms with Crippen LogP contribution in [0, 0.1) is 0 Å². The molecular formula is C21H25NO3. The minimum atomic E-state index is -0.815. The number of aliphatic carboxylic acids is 1. The van der Waals surface area contributed by atoms with E-state index in [1.54, 1.807) is 0 Å². The highest BCUT2D eigenvalue weighted by molar-refractivity contribution is 5.69. The van der Waals surface area contributed by atoms with E-state index in [4.69, 9.17) is 9.84 Å². The molecule has 0 bridgehead atoms. The normalized spacial score (nSPS) is 21.3. The lowest BCUT2D eigenvalue weighted by molar-refractivity contribution is -0.138. The quantitative estimate of drug-likeness (QED) is 0.873. The first kappa shape index (κ1) is 17.6. The molecule has 25 heavy (non-hydrogen) atoms. The molecule has 3 rings (SSSR count). The molecule has 2 aromatic carbocycles. The Hall–Kier alpha value is -2.17. The van der Waals surface area contributed by atoms with E-state index in [0.29, 0.717) is 13.0 Å². The summed E-state index contributed by atoms with van der Waals surface area (Å²) in [6, 6.07) is 18.6. The molecule has 1 aliphatic heterocycles. The summed E-state index contributed by atoms with van der Waals surface area (Å²) in [6.45, 7) is 4.84. The summed E-state index contributed by atoms with van der Waals surface area (Å²) in [7, 11) is 1.83. The minimum Gasteiger partial charge on any atom is -0.480 e. The third-order valence-corrected chi connectivity index (χ3v) is 4.93. The van der Waals surface area contributed by atoms with Crippen molar-refractivity contribution >= 4 is 5.97 Å². The molecule has 0 spiro atoms. The van der Waals surface area contributed by atoms with Gasteiger partial charge in [-0.2, -0.15) is 0 Å². The van der Waals surface area contributed by atoms with Crippen molar-refractivity contribution in [1.29, 1.82) is 0 Å². The summed E-state index contributed by atoms with van der Waals surface area (Å²) in [6.07, 6.45) is 0.696. The van der Waals surface area contributed by atoms with E-state index in [1.165, 1.54) is 11.1 Å². The number of likely N-dealkylation sites (N-methyl/N-ethyl adjacent to an activating group) is 1. The van der Waals surface area contributed by atoms with Crippen molar-refractivity contribution < 1.29 is 14.6 Å². The third kappa shape index (κ3) is 3.32. The smallest absolute Gasteiger partial charge is 0.317 e. The van der Waals surface area contributed by atoms with Gasteiger partial charge in [-0.25, -0.2) is 0 Å². The van der Waals surface area contributed by atoms with Gasteiger partial charge in [0.05, 0.1) is 12.1 Å². The van der Waals surface area contributed by atoms with E-state index in [0.717, 1.165) is 5.56 Å². The van der Waals surface area contributed by atoms with Crippen LogP contribution in [0.25, 0.3) is 0 Å². The number of benzene rings is 2. The van der Waals surface area contributed by atoms with E-state index in [-0.39, 0.29) is 6.54 Å². The van der Waals surface area contributed by atoms with Gasteiger partial charge in [0.2, 0.25) is 0 Å². The second kappa shape index (κ2) is 6.62. The number of fused-ring (bicyclic) bond motifs is 1. The first-order valence-electron chi connectivity index (χ1n) is 8.61. The van der Waals surface area contributed by atoms with Crippen molar-refractivity contribution in [2.24, 2.45) is 0 Å². The van der Waals surface area contributed by atoms with Crippen LogP contribution < -0.4 is 0 Å². The maximum atomic E-state index is 11.0. The summed E-state index contributed by atoms with van der Waals surface area (Å²) >= 11 is 0. The number of carbonyl (C=O) groups is 1. The van der Waals surface area contributed by atoms with E-state index >= 15 is 0 Å². The molecular weight excluding hydrogens is 314 g/mol. The molecule has 0 radical (unpaired) electrons. The Labute approximate surface area is 149 Å². The molecule has 132 valence electrons. The van der Waals surface area contributed by atoms with Crippen molar-refractivity contribution in [2.45, 2.75) is 31.5 Å². The summed E-state index contributed by atoms with van der Waals surface area (Å²) in [5.41, 5.74) is 2.53. The zero-order valence-electron chi connectivity index (χ0n) is 15.0. The van der Waals surface area contributed by atoms with Crippen LogP contribution in [0.2, 0.25) is 0 Å². The Bertz CT molecular complexity index is 757. The fraction of sp³-hybridized carbons (Fsp3) is 0.381. The number of ether oxygens (including phenoxy) is 1. The molecule has 0 amide bonds. The van der Waals surface area contributed by atoms with Crippen LogP contribution in [0.3, 0.4) is 0 Å². The Morgan fingerprint density at radius 2 is 1.64 bits per heavy atom. The van der Waals surface area contributed by atoms with Crippen molar-refractivity contribution in [1.82, 2.24) is 4.90 Å². The van der Waals surface area contributed by atoms with Crippen molar-refractivity contribution in [3.05, 3.63) is 71.3 Å². The first-order chi connectivity index (χ1) is 11.8. The molecule has 2 aromatic rings. The van der Waals surface area contributed by atoms with Crippen LogP contribution >= 0.6 is 0 Å². The minimum absolute atomic E-state index is 0.0237. The van der Waals surface area contributed by atoms with Crippen LogP contribution in [-0.4, -0.2) is 36.1 Å². The molecule has 0 saturated heterocycles. The highest BCUT2D eigenvalue weighted by atomic mass is 16.5. The molecule has 1 atom stereocenters. The van der Waals surface area contributed by atoms with Gasteiger partial charge in [0, 0.05) is 6.54 Å². The summed E-state index contributed by atoms with van der Waals surface area (Å²) in [5.74, 6) is -0.815. The van der Waals surface area contributed by atoms with Gasteiger partial charge < -0.3 is 9.84 Å². The number of nitrogens with zero attached hydrogens (tertiary/aromatic N) is 1. The number of carboxylic acid groups (broad SMARTS) is 1. The van der Waals surface area contributed by atoms with Crippen LogP contribution in [0.5, 0.6) is 0 Å². The van der Waals surface area contributed by atoms with Gasteiger partial charge in [-0.05, 0) is 44.0 Å². The summed E-state index contributed by atoms with van der Waals surface area (Å²) in [5, 5.41) is 9.03. The van der Waals surface area contributed by atoms with Gasteiger partial charge >= 0.3 is 5.97 Å². The van der Waals surface area contributed by atoms with E-state index in [1.807, 2.05) is 42.3 Å². The fourth-order valence-corrected chi connectivity index (χ4v) is 3.82. The number of hydrogen-bond acceptors (Lipinski definition) is 3. The van der Waals surface area contributed by atoms with Crippen molar-refractivity contribution in [3.63, 3.8) is 0 Å². The van der Waals surface area contributed by atoms with Crippen molar-refractivity contribution in [3.8, 4) is 0 Å². The van der Waals surface area contributed by atoms with Crippen LogP contribution in [0.1, 0.15) is 37.0 Å². The standard InChI is InChI=1S/C21H25NO3/c1-20(2)17-11-7-8-12-18(17)21(25-20,16-9-5-4-6-10-16)13-14-22(3)15-19(23)24/h4-12H,13-15H2,1-3H3,(H,23,24). The lowest BCUT2D eigenvalue weighted by Crippen LogP contribution is -2.36. The lowest BCUT2D eigenvalue weighted by Gasteiger charge is -2.34. The summed E-state index contributed by atoms with van der Waals surface area (Å²) in [4.78, 5) is 12.8. The zero-order valence-corrected chi connectivity index (χ0v) is 15.0.